The average Bonchev–Trinajstić information content (AvgIpc) is 3.04. The van der Waals surface area contributed by atoms with Crippen molar-refractivity contribution in [2.45, 2.75) is 32.7 Å². The quantitative estimate of drug-likeness (QED) is 0.485. The number of carbonyl (C=O) groups excluding carboxylic acids is 1. The Bertz CT molecular complexity index is 1260. The van der Waals surface area contributed by atoms with Crippen molar-refractivity contribution in [3.63, 3.8) is 0 Å². The molecule has 0 unspecified atom stereocenters. The lowest BCUT2D eigenvalue weighted by atomic mass is 10.0. The summed E-state index contributed by atoms with van der Waals surface area (Å²) in [5.41, 5.74) is 4.98. The van der Waals surface area contributed by atoms with Crippen molar-refractivity contribution in [1.82, 2.24) is 15.3 Å². The Balaban J connectivity index is 1.68. The second kappa shape index (κ2) is 6.81. The molecule has 0 fully saturated rings. The number of benzene rings is 1. The lowest BCUT2D eigenvalue weighted by molar-refractivity contribution is 0.0949. The van der Waals surface area contributed by atoms with Gasteiger partial charge in [-0.2, -0.15) is 0 Å². The first-order chi connectivity index (χ1) is 14.0. The number of hydrogen-bond acceptors (Lipinski definition) is 5. The highest BCUT2D eigenvalue weighted by Crippen LogP contribution is 2.41. The molecule has 4 heterocycles. The number of fused-ring (bicyclic) bond motifs is 5. The highest BCUT2D eigenvalue weighted by molar-refractivity contribution is 7.21. The normalized spacial score (nSPS) is 16.6. The Morgan fingerprint density at radius 3 is 2.86 bits per heavy atom. The molecule has 1 atom stereocenters. The minimum absolute atomic E-state index is 0.00648. The zero-order valence-electron chi connectivity index (χ0n) is 16.6. The molecular formula is C23H22N4OS. The van der Waals surface area contributed by atoms with E-state index < -0.39 is 0 Å². The van der Waals surface area contributed by atoms with Crippen LogP contribution in [0.3, 0.4) is 0 Å². The summed E-state index contributed by atoms with van der Waals surface area (Å²) in [6.07, 6.45) is 3.78. The summed E-state index contributed by atoms with van der Waals surface area (Å²) >= 11 is 1.53. The lowest BCUT2D eigenvalue weighted by Crippen LogP contribution is -2.34. The fourth-order valence-electron chi connectivity index (χ4n) is 3.80. The summed E-state index contributed by atoms with van der Waals surface area (Å²) in [5.74, 6) is 0.413. The van der Waals surface area contributed by atoms with E-state index in [0.717, 1.165) is 42.8 Å². The zero-order chi connectivity index (χ0) is 20.1. The van der Waals surface area contributed by atoms with E-state index in [9.17, 15) is 4.79 Å². The van der Waals surface area contributed by atoms with Gasteiger partial charge in [0.15, 0.2) is 0 Å². The maximum Gasteiger partial charge on any atom is 0.263 e. The highest BCUT2D eigenvalue weighted by atomic mass is 32.1. The van der Waals surface area contributed by atoms with Crippen LogP contribution in [0.2, 0.25) is 0 Å². The fraction of sp³-hybridized carbons (Fsp3) is 0.261. The van der Waals surface area contributed by atoms with Gasteiger partial charge in [0.2, 0.25) is 0 Å². The zero-order valence-corrected chi connectivity index (χ0v) is 17.4. The molecule has 1 aliphatic rings. The number of nitrogens with zero attached hydrogens (tertiary/aromatic N) is 2. The smallest absolute Gasteiger partial charge is 0.263 e. The summed E-state index contributed by atoms with van der Waals surface area (Å²) in [4.78, 5) is 22.6. The minimum atomic E-state index is -0.00648. The summed E-state index contributed by atoms with van der Waals surface area (Å²) < 4.78 is 1.10. The predicted octanol–water partition coefficient (Wildman–Crippen LogP) is 5.18. The standard InChI is InChI=1S/C23H22N4OS/c1-12(2)14-8-15(11-24-10-14)17-5-4-16-18(27-17)6-7-19-20(16)21-22(29-19)23(28)26-13(3)9-25-21/h4-8,10-13,25H,9H2,1-3H3,(H,26,28)/t13-/m1/s1. The maximum absolute atomic E-state index is 12.6. The molecule has 0 saturated carbocycles. The van der Waals surface area contributed by atoms with Crippen molar-refractivity contribution in [3.05, 3.63) is 53.2 Å². The van der Waals surface area contributed by atoms with Crippen molar-refractivity contribution < 1.29 is 4.79 Å². The van der Waals surface area contributed by atoms with Gasteiger partial charge in [-0.3, -0.25) is 9.78 Å². The van der Waals surface area contributed by atoms with E-state index in [4.69, 9.17) is 4.98 Å². The number of pyridine rings is 2. The number of thiophene rings is 1. The van der Waals surface area contributed by atoms with Crippen molar-refractivity contribution in [1.29, 1.82) is 0 Å². The summed E-state index contributed by atoms with van der Waals surface area (Å²) in [7, 11) is 0. The van der Waals surface area contributed by atoms with Gasteiger partial charge in [0.05, 0.1) is 16.9 Å². The van der Waals surface area contributed by atoms with Crippen LogP contribution in [-0.2, 0) is 0 Å². The number of hydrogen-bond donors (Lipinski definition) is 2. The number of carbonyl (C=O) groups is 1. The molecule has 0 aliphatic carbocycles. The molecule has 3 aromatic heterocycles. The van der Waals surface area contributed by atoms with Gasteiger partial charge in [-0.1, -0.05) is 13.8 Å². The van der Waals surface area contributed by atoms with Gasteiger partial charge in [0.25, 0.3) is 5.91 Å². The number of amides is 1. The van der Waals surface area contributed by atoms with Crippen LogP contribution in [0.5, 0.6) is 0 Å². The van der Waals surface area contributed by atoms with Crippen LogP contribution in [0.1, 0.15) is 41.9 Å². The lowest BCUT2D eigenvalue weighted by Gasteiger charge is -2.10. The first-order valence-corrected chi connectivity index (χ1v) is 10.7. The second-order valence-electron chi connectivity index (χ2n) is 7.93. The molecule has 5 rings (SSSR count). The molecule has 2 N–H and O–H groups in total. The molecule has 0 spiro atoms. The van der Waals surface area contributed by atoms with Crippen LogP contribution in [0, 0.1) is 0 Å². The van der Waals surface area contributed by atoms with Crippen molar-refractivity contribution in [2.24, 2.45) is 0 Å². The van der Waals surface area contributed by atoms with Crippen LogP contribution in [0.4, 0.5) is 5.69 Å². The summed E-state index contributed by atoms with van der Waals surface area (Å²) in [6, 6.07) is 10.5. The number of anilines is 1. The minimum Gasteiger partial charge on any atom is -0.381 e. The molecule has 1 aliphatic heterocycles. The van der Waals surface area contributed by atoms with Gasteiger partial charge in [-0.15, -0.1) is 11.3 Å². The van der Waals surface area contributed by atoms with Crippen LogP contribution in [0.25, 0.3) is 32.2 Å². The van der Waals surface area contributed by atoms with E-state index in [-0.39, 0.29) is 11.9 Å². The number of rotatable bonds is 2. The third kappa shape index (κ3) is 3.04. The second-order valence-corrected chi connectivity index (χ2v) is 8.98. The van der Waals surface area contributed by atoms with Gasteiger partial charge in [0.1, 0.15) is 4.88 Å². The first kappa shape index (κ1) is 18.1. The Morgan fingerprint density at radius 1 is 1.17 bits per heavy atom. The van der Waals surface area contributed by atoms with Crippen LogP contribution in [0.15, 0.2) is 42.7 Å². The van der Waals surface area contributed by atoms with Crippen LogP contribution < -0.4 is 10.6 Å². The highest BCUT2D eigenvalue weighted by Gasteiger charge is 2.24. The monoisotopic (exact) mass is 402 g/mol. The molecule has 0 radical (unpaired) electrons. The third-order valence-corrected chi connectivity index (χ3v) is 6.57. The Kier molecular flexibility index (Phi) is 4.24. The molecule has 0 bridgehead atoms. The van der Waals surface area contributed by atoms with Gasteiger partial charge in [0, 0.05) is 46.0 Å². The Morgan fingerprint density at radius 2 is 2.03 bits per heavy atom. The van der Waals surface area contributed by atoms with Gasteiger partial charge in [-0.25, -0.2) is 4.98 Å². The Labute approximate surface area is 173 Å². The molecule has 146 valence electrons. The van der Waals surface area contributed by atoms with Crippen LogP contribution >= 0.6 is 11.3 Å². The topological polar surface area (TPSA) is 66.9 Å². The van der Waals surface area contributed by atoms with Gasteiger partial charge < -0.3 is 10.6 Å². The molecular weight excluding hydrogens is 380 g/mol. The molecule has 29 heavy (non-hydrogen) atoms. The number of aromatic nitrogens is 2. The van der Waals surface area contributed by atoms with E-state index in [1.165, 1.54) is 16.9 Å². The summed E-state index contributed by atoms with van der Waals surface area (Å²) in [5, 5.41) is 8.66. The molecule has 0 saturated heterocycles. The van der Waals surface area contributed by atoms with Crippen molar-refractivity contribution in [3.8, 4) is 11.3 Å². The van der Waals surface area contributed by atoms with E-state index in [2.05, 4.69) is 47.7 Å². The van der Waals surface area contributed by atoms with E-state index in [0.29, 0.717) is 12.5 Å². The molecule has 1 amide bonds. The van der Waals surface area contributed by atoms with Crippen molar-refractivity contribution in [2.75, 3.05) is 11.9 Å². The predicted molar refractivity (Wildman–Crippen MR) is 120 cm³/mol. The average molecular weight is 403 g/mol. The number of nitrogens with one attached hydrogen (secondary N) is 2. The van der Waals surface area contributed by atoms with E-state index in [1.807, 2.05) is 31.5 Å². The van der Waals surface area contributed by atoms with E-state index in [1.54, 1.807) is 0 Å². The Hall–Kier alpha value is -2.99. The SMILES string of the molecule is CC(C)c1cncc(-c2ccc3c(ccc4sc5c(c43)NC[C@@H](C)NC5=O)n2)c1. The van der Waals surface area contributed by atoms with Crippen molar-refractivity contribution >= 4 is 43.9 Å². The van der Waals surface area contributed by atoms with Gasteiger partial charge >= 0.3 is 0 Å². The molecule has 5 nitrogen and oxygen atoms in total. The van der Waals surface area contributed by atoms with E-state index >= 15 is 0 Å². The largest absolute Gasteiger partial charge is 0.381 e. The first-order valence-electron chi connectivity index (χ1n) is 9.87. The summed E-state index contributed by atoms with van der Waals surface area (Å²) in [6.45, 7) is 7.05. The molecule has 6 heteroatoms. The molecule has 1 aromatic carbocycles. The third-order valence-electron chi connectivity index (χ3n) is 5.41. The fourth-order valence-corrected chi connectivity index (χ4v) is 4.90. The van der Waals surface area contributed by atoms with Crippen LogP contribution in [-0.4, -0.2) is 28.5 Å². The maximum atomic E-state index is 12.6. The molecule has 4 aromatic rings. The van der Waals surface area contributed by atoms with Gasteiger partial charge in [-0.05, 0) is 48.7 Å².